The summed E-state index contributed by atoms with van der Waals surface area (Å²) in [6.45, 7) is 26.3. The van der Waals surface area contributed by atoms with E-state index >= 15 is 0 Å². The Morgan fingerprint density at radius 1 is 1.27 bits per heavy atom. The van der Waals surface area contributed by atoms with Gasteiger partial charge in [0.05, 0.1) is 6.04 Å². The minimum absolute atomic E-state index is 0.0951. The third-order valence-corrected chi connectivity index (χ3v) is 5.02. The normalized spacial score (nSPS) is 12.7. The number of nitrogens with one attached hydrogen (secondary N) is 1. The second-order valence-corrected chi connectivity index (χ2v) is 6.93. The van der Waals surface area contributed by atoms with Gasteiger partial charge in [0.15, 0.2) is 0 Å². The zero-order valence-corrected chi connectivity index (χ0v) is 20.4. The van der Waals surface area contributed by atoms with E-state index in [0.717, 1.165) is 51.1 Å². The van der Waals surface area contributed by atoms with Crippen LogP contribution in [-0.4, -0.2) is 37.6 Å². The third-order valence-electron chi connectivity index (χ3n) is 5.02. The monoisotopic (exact) mass is 414 g/mol. The van der Waals surface area contributed by atoms with E-state index in [1.54, 1.807) is 0 Å². The molecule has 0 amide bonds. The molecule has 1 aromatic carbocycles. The van der Waals surface area contributed by atoms with Gasteiger partial charge >= 0.3 is 0 Å². The molecule has 1 aliphatic rings. The number of nitrogens with two attached hydrogens (primary N) is 1. The summed E-state index contributed by atoms with van der Waals surface area (Å²) < 4.78 is 0. The van der Waals surface area contributed by atoms with E-state index in [9.17, 15) is 0 Å². The smallest absolute Gasteiger partial charge is 0.0687 e. The van der Waals surface area contributed by atoms with Gasteiger partial charge in [0.25, 0.3) is 0 Å². The number of benzene rings is 1. The fourth-order valence-electron chi connectivity index (χ4n) is 3.72. The predicted octanol–water partition coefficient (Wildman–Crippen LogP) is 5.77. The summed E-state index contributed by atoms with van der Waals surface area (Å²) in [5.74, 6) is 0. The SMILES string of the molecule is C=CCCC(C(=C)N)N1Cc2cccc(N(CCC)CCNC)c2C1=C.CC.CC. The summed E-state index contributed by atoms with van der Waals surface area (Å²) in [6, 6.07) is 6.67. The van der Waals surface area contributed by atoms with Gasteiger partial charge in [-0.3, -0.25) is 0 Å². The highest BCUT2D eigenvalue weighted by Gasteiger charge is 2.31. The first-order chi connectivity index (χ1) is 14.5. The Morgan fingerprint density at radius 2 is 1.93 bits per heavy atom. The fraction of sp³-hybridized carbons (Fsp3) is 0.538. The van der Waals surface area contributed by atoms with Crippen LogP contribution in [0.2, 0.25) is 0 Å². The van der Waals surface area contributed by atoms with Crippen LogP contribution in [0.15, 0.2) is 49.7 Å². The van der Waals surface area contributed by atoms with Crippen molar-refractivity contribution in [3.05, 3.63) is 60.8 Å². The average molecular weight is 415 g/mol. The van der Waals surface area contributed by atoms with Crippen LogP contribution < -0.4 is 16.0 Å². The number of rotatable bonds is 11. The van der Waals surface area contributed by atoms with Crippen molar-refractivity contribution >= 4 is 11.4 Å². The van der Waals surface area contributed by atoms with Gasteiger partial charge in [-0.1, -0.05) is 66.0 Å². The second-order valence-electron chi connectivity index (χ2n) is 6.93. The largest absolute Gasteiger partial charge is 0.401 e. The molecule has 0 fully saturated rings. The fourth-order valence-corrected chi connectivity index (χ4v) is 3.72. The zero-order chi connectivity index (χ0) is 23.1. The molecular formula is C26H46N4. The Balaban J connectivity index is 0.00000198. The molecule has 2 rings (SSSR count). The maximum atomic E-state index is 6.14. The van der Waals surface area contributed by atoms with Crippen molar-refractivity contribution in [2.24, 2.45) is 5.73 Å². The lowest BCUT2D eigenvalue weighted by atomic mass is 10.0. The number of allylic oxidation sites excluding steroid dienone is 1. The van der Waals surface area contributed by atoms with Gasteiger partial charge in [-0.25, -0.2) is 0 Å². The van der Waals surface area contributed by atoms with Crippen LogP contribution in [0.4, 0.5) is 5.69 Å². The maximum absolute atomic E-state index is 6.14. The molecule has 1 atom stereocenters. The predicted molar refractivity (Wildman–Crippen MR) is 137 cm³/mol. The lowest BCUT2D eigenvalue weighted by Gasteiger charge is -2.31. The molecule has 0 radical (unpaired) electrons. The van der Waals surface area contributed by atoms with Crippen LogP contribution in [-0.2, 0) is 6.54 Å². The van der Waals surface area contributed by atoms with Crippen LogP contribution in [0.25, 0.3) is 5.70 Å². The summed E-state index contributed by atoms with van der Waals surface area (Å²) in [4.78, 5) is 4.77. The van der Waals surface area contributed by atoms with Gasteiger partial charge in [0, 0.05) is 48.8 Å². The van der Waals surface area contributed by atoms with E-state index in [-0.39, 0.29) is 6.04 Å². The molecule has 0 saturated heterocycles. The quantitative estimate of drug-likeness (QED) is 0.451. The Bertz CT molecular complexity index is 650. The van der Waals surface area contributed by atoms with Crippen LogP contribution in [0.5, 0.6) is 0 Å². The molecule has 0 aromatic heterocycles. The van der Waals surface area contributed by atoms with Crippen LogP contribution in [0, 0.1) is 0 Å². The first kappa shape index (κ1) is 27.8. The number of likely N-dealkylation sites (N-methyl/N-ethyl adjacent to an activating group) is 1. The number of fused-ring (bicyclic) bond motifs is 1. The summed E-state index contributed by atoms with van der Waals surface area (Å²) in [5, 5.41) is 3.26. The summed E-state index contributed by atoms with van der Waals surface area (Å²) >= 11 is 0. The summed E-state index contributed by atoms with van der Waals surface area (Å²) in [5.41, 5.74) is 11.8. The van der Waals surface area contributed by atoms with Gasteiger partial charge in [-0.05, 0) is 37.9 Å². The lowest BCUT2D eigenvalue weighted by molar-refractivity contribution is 0.319. The first-order valence-corrected chi connectivity index (χ1v) is 11.6. The highest BCUT2D eigenvalue weighted by Crippen LogP contribution is 2.40. The molecule has 0 spiro atoms. The van der Waals surface area contributed by atoms with Crippen molar-refractivity contribution in [3.63, 3.8) is 0 Å². The van der Waals surface area contributed by atoms with Crippen LogP contribution in [0.1, 0.15) is 65.0 Å². The lowest BCUT2D eigenvalue weighted by Crippen LogP contribution is -2.34. The van der Waals surface area contributed by atoms with Gasteiger partial charge in [0.2, 0.25) is 0 Å². The minimum Gasteiger partial charge on any atom is -0.401 e. The minimum atomic E-state index is 0.0951. The summed E-state index contributed by atoms with van der Waals surface area (Å²) in [7, 11) is 2.00. The molecular weight excluding hydrogens is 368 g/mol. The zero-order valence-electron chi connectivity index (χ0n) is 20.4. The highest BCUT2D eigenvalue weighted by atomic mass is 15.2. The van der Waals surface area contributed by atoms with Gasteiger partial charge in [-0.15, -0.1) is 6.58 Å². The van der Waals surface area contributed by atoms with E-state index in [4.69, 9.17) is 5.73 Å². The molecule has 1 aromatic rings. The molecule has 0 saturated carbocycles. The van der Waals surface area contributed by atoms with E-state index in [1.807, 2.05) is 40.8 Å². The Kier molecular flexibility index (Phi) is 14.5. The number of anilines is 1. The number of nitrogens with zero attached hydrogens (tertiary/aromatic N) is 2. The molecule has 1 unspecified atom stereocenters. The van der Waals surface area contributed by atoms with Crippen molar-refractivity contribution in [1.29, 1.82) is 0 Å². The molecule has 30 heavy (non-hydrogen) atoms. The van der Waals surface area contributed by atoms with E-state index in [0.29, 0.717) is 5.70 Å². The number of hydrogen-bond acceptors (Lipinski definition) is 4. The van der Waals surface area contributed by atoms with Crippen LogP contribution in [0.3, 0.4) is 0 Å². The molecule has 0 aliphatic carbocycles. The van der Waals surface area contributed by atoms with Gasteiger partial charge < -0.3 is 20.9 Å². The second kappa shape index (κ2) is 15.6. The standard InChI is InChI=1S/C22H34N4.2C2H6/c1-6-8-11-20(17(3)23)26-16-19-10-9-12-21(22(19)18(26)4)25(14-7-2)15-13-24-5;2*1-2/h6,9-10,12,20,24H,1,3-4,7-8,11,13-16,23H2,2,5H3;2*1-2H3. The molecule has 4 heteroatoms. The van der Waals surface area contributed by atoms with Crippen LogP contribution >= 0.6 is 0 Å². The van der Waals surface area contributed by atoms with Gasteiger partial charge in [0.1, 0.15) is 0 Å². The Morgan fingerprint density at radius 3 is 2.47 bits per heavy atom. The van der Waals surface area contributed by atoms with Gasteiger partial charge in [-0.2, -0.15) is 0 Å². The molecule has 170 valence electrons. The molecule has 1 aliphatic heterocycles. The number of hydrogen-bond donors (Lipinski definition) is 2. The average Bonchev–Trinajstić information content (AvgIpc) is 3.10. The maximum Gasteiger partial charge on any atom is 0.0687 e. The topological polar surface area (TPSA) is 44.5 Å². The Hall–Kier alpha value is -2.20. The van der Waals surface area contributed by atoms with Crippen molar-refractivity contribution < 1.29 is 0 Å². The Labute approximate surface area is 186 Å². The van der Waals surface area contributed by atoms with Crippen molar-refractivity contribution in [2.45, 2.75) is 66.5 Å². The van der Waals surface area contributed by atoms with Crippen molar-refractivity contribution in [1.82, 2.24) is 10.2 Å². The molecule has 3 N–H and O–H groups in total. The molecule has 4 nitrogen and oxygen atoms in total. The summed E-state index contributed by atoms with van der Waals surface area (Å²) in [6.07, 6.45) is 4.89. The molecule has 0 bridgehead atoms. The third kappa shape index (κ3) is 7.24. The molecule has 1 heterocycles. The first-order valence-electron chi connectivity index (χ1n) is 11.6. The van der Waals surface area contributed by atoms with Crippen molar-refractivity contribution in [3.8, 4) is 0 Å². The van der Waals surface area contributed by atoms with Crippen molar-refractivity contribution in [2.75, 3.05) is 31.6 Å². The van der Waals surface area contributed by atoms with E-state index in [2.05, 4.69) is 60.0 Å². The van der Waals surface area contributed by atoms with E-state index < -0.39 is 0 Å². The van der Waals surface area contributed by atoms with E-state index in [1.165, 1.54) is 16.8 Å². The highest BCUT2D eigenvalue weighted by molar-refractivity contribution is 5.80.